The van der Waals surface area contributed by atoms with Gasteiger partial charge in [0.25, 0.3) is 5.91 Å². The molecule has 1 amide bonds. The van der Waals surface area contributed by atoms with Crippen molar-refractivity contribution < 1.29 is 9.53 Å². The molecule has 1 saturated carbocycles. The molecule has 0 bridgehead atoms. The highest BCUT2D eigenvalue weighted by Crippen LogP contribution is 2.23. The maximum absolute atomic E-state index is 11.9. The highest BCUT2D eigenvalue weighted by Gasteiger charge is 2.14. The number of benzene rings is 2. The summed E-state index contributed by atoms with van der Waals surface area (Å²) in [6.07, 6.45) is 5.08. The van der Waals surface area contributed by atoms with Crippen molar-refractivity contribution in [2.45, 2.75) is 31.7 Å². The Balaban J connectivity index is 1.46. The third-order valence-corrected chi connectivity index (χ3v) is 4.33. The number of amides is 1. The Morgan fingerprint density at radius 1 is 1.00 bits per heavy atom. The van der Waals surface area contributed by atoms with Crippen LogP contribution in [0.2, 0.25) is 5.02 Å². The van der Waals surface area contributed by atoms with Gasteiger partial charge in [-0.3, -0.25) is 4.79 Å². The van der Waals surface area contributed by atoms with Gasteiger partial charge in [0.2, 0.25) is 0 Å². The molecular formula is C19H21ClN2O2. The van der Waals surface area contributed by atoms with Crippen molar-refractivity contribution in [1.82, 2.24) is 0 Å². The van der Waals surface area contributed by atoms with Crippen molar-refractivity contribution in [2.75, 3.05) is 17.2 Å². The Bertz CT molecular complexity index is 665. The first kappa shape index (κ1) is 16.7. The summed E-state index contributed by atoms with van der Waals surface area (Å²) < 4.78 is 5.42. The Hall–Kier alpha value is -2.20. The van der Waals surface area contributed by atoms with Gasteiger partial charge in [-0.25, -0.2) is 0 Å². The predicted octanol–water partition coefficient (Wildman–Crippen LogP) is 4.71. The van der Waals surface area contributed by atoms with Gasteiger partial charge in [0.1, 0.15) is 5.75 Å². The van der Waals surface area contributed by atoms with E-state index in [-0.39, 0.29) is 12.5 Å². The monoisotopic (exact) mass is 344 g/mol. The number of rotatable bonds is 6. The first-order valence-electron chi connectivity index (χ1n) is 8.24. The Morgan fingerprint density at radius 3 is 2.29 bits per heavy atom. The van der Waals surface area contributed by atoms with E-state index in [1.807, 2.05) is 24.3 Å². The molecule has 0 spiro atoms. The number of carbonyl (C=O) groups excluding carboxylic acids is 1. The van der Waals surface area contributed by atoms with E-state index in [2.05, 4.69) is 10.6 Å². The predicted molar refractivity (Wildman–Crippen MR) is 97.9 cm³/mol. The standard InChI is InChI=1S/C19H21ClN2O2/c20-14-5-11-18(12-6-14)24-13-19(23)22-17-9-7-16(8-10-17)21-15-3-1-2-4-15/h5-12,15,21H,1-4,13H2,(H,22,23). The van der Waals surface area contributed by atoms with E-state index < -0.39 is 0 Å². The van der Waals surface area contributed by atoms with Crippen molar-refractivity contribution >= 4 is 28.9 Å². The van der Waals surface area contributed by atoms with E-state index in [4.69, 9.17) is 16.3 Å². The van der Waals surface area contributed by atoms with Gasteiger partial charge >= 0.3 is 0 Å². The molecule has 3 rings (SSSR count). The third-order valence-electron chi connectivity index (χ3n) is 4.08. The minimum Gasteiger partial charge on any atom is -0.484 e. The van der Waals surface area contributed by atoms with Crippen molar-refractivity contribution in [2.24, 2.45) is 0 Å². The molecule has 0 saturated heterocycles. The number of hydrogen-bond donors (Lipinski definition) is 2. The summed E-state index contributed by atoms with van der Waals surface area (Å²) in [6.45, 7) is -0.0380. The summed E-state index contributed by atoms with van der Waals surface area (Å²) in [7, 11) is 0. The van der Waals surface area contributed by atoms with Gasteiger partial charge in [-0.1, -0.05) is 24.4 Å². The van der Waals surface area contributed by atoms with Crippen LogP contribution in [0.1, 0.15) is 25.7 Å². The molecule has 2 N–H and O–H groups in total. The van der Waals surface area contributed by atoms with E-state index in [1.165, 1.54) is 25.7 Å². The Kier molecular flexibility index (Phi) is 5.59. The van der Waals surface area contributed by atoms with Crippen molar-refractivity contribution in [3.8, 4) is 5.75 Å². The number of ether oxygens (including phenoxy) is 1. The fourth-order valence-electron chi connectivity index (χ4n) is 2.83. The normalized spacial score (nSPS) is 14.4. The van der Waals surface area contributed by atoms with Crippen LogP contribution in [0.4, 0.5) is 11.4 Å². The zero-order valence-electron chi connectivity index (χ0n) is 13.4. The quantitative estimate of drug-likeness (QED) is 0.797. The molecule has 0 heterocycles. The van der Waals surface area contributed by atoms with Gasteiger partial charge in [-0.2, -0.15) is 0 Å². The van der Waals surface area contributed by atoms with Crippen molar-refractivity contribution in [3.63, 3.8) is 0 Å². The molecule has 1 aliphatic rings. The van der Waals surface area contributed by atoms with Gasteiger partial charge in [0, 0.05) is 22.4 Å². The van der Waals surface area contributed by atoms with Crippen LogP contribution in [0.5, 0.6) is 5.75 Å². The molecule has 4 nitrogen and oxygen atoms in total. The summed E-state index contributed by atoms with van der Waals surface area (Å²) in [4.78, 5) is 11.9. The second-order valence-corrected chi connectivity index (χ2v) is 6.43. The zero-order valence-corrected chi connectivity index (χ0v) is 14.2. The zero-order chi connectivity index (χ0) is 16.8. The van der Waals surface area contributed by atoms with Crippen molar-refractivity contribution in [1.29, 1.82) is 0 Å². The van der Waals surface area contributed by atoms with Crippen LogP contribution in [0.25, 0.3) is 0 Å². The molecule has 24 heavy (non-hydrogen) atoms. The van der Waals surface area contributed by atoms with Gasteiger partial charge < -0.3 is 15.4 Å². The van der Waals surface area contributed by atoms with E-state index in [9.17, 15) is 4.79 Å². The summed E-state index contributed by atoms with van der Waals surface area (Å²) in [5.74, 6) is 0.423. The van der Waals surface area contributed by atoms with Gasteiger partial charge in [-0.05, 0) is 61.4 Å². The average molecular weight is 345 g/mol. The number of nitrogens with one attached hydrogen (secondary N) is 2. The number of hydrogen-bond acceptors (Lipinski definition) is 3. The molecule has 0 atom stereocenters. The Labute approximate surface area is 147 Å². The molecule has 1 aliphatic carbocycles. The summed E-state index contributed by atoms with van der Waals surface area (Å²) in [6, 6.07) is 15.3. The summed E-state index contributed by atoms with van der Waals surface area (Å²) in [5.41, 5.74) is 1.86. The first-order chi connectivity index (χ1) is 11.7. The van der Waals surface area contributed by atoms with Crippen LogP contribution in [0.15, 0.2) is 48.5 Å². The highest BCUT2D eigenvalue weighted by molar-refractivity contribution is 6.30. The molecular weight excluding hydrogens is 324 g/mol. The van der Waals surface area contributed by atoms with Crippen LogP contribution < -0.4 is 15.4 Å². The molecule has 2 aromatic carbocycles. The molecule has 126 valence electrons. The molecule has 0 aromatic heterocycles. The minimum absolute atomic E-state index is 0.0380. The molecule has 0 aliphatic heterocycles. The van der Waals surface area contributed by atoms with Gasteiger partial charge in [-0.15, -0.1) is 0 Å². The third kappa shape index (κ3) is 4.90. The lowest BCUT2D eigenvalue weighted by Gasteiger charge is -2.14. The van der Waals surface area contributed by atoms with E-state index in [1.54, 1.807) is 24.3 Å². The fraction of sp³-hybridized carbons (Fsp3) is 0.316. The van der Waals surface area contributed by atoms with Crippen LogP contribution in [0.3, 0.4) is 0 Å². The second-order valence-electron chi connectivity index (χ2n) is 5.99. The number of halogens is 1. The highest BCUT2D eigenvalue weighted by atomic mass is 35.5. The SMILES string of the molecule is O=C(COc1ccc(Cl)cc1)Nc1ccc(NC2CCCC2)cc1. The van der Waals surface area contributed by atoms with Gasteiger partial charge in [0.15, 0.2) is 6.61 Å². The minimum atomic E-state index is -0.193. The molecule has 5 heteroatoms. The van der Waals surface area contributed by atoms with E-state index in [0.717, 1.165) is 11.4 Å². The summed E-state index contributed by atoms with van der Waals surface area (Å²) in [5, 5.41) is 6.99. The van der Waals surface area contributed by atoms with E-state index in [0.29, 0.717) is 16.8 Å². The lowest BCUT2D eigenvalue weighted by Crippen LogP contribution is -2.20. The second kappa shape index (κ2) is 8.06. The molecule has 0 unspecified atom stereocenters. The van der Waals surface area contributed by atoms with Crippen LogP contribution in [0, 0.1) is 0 Å². The van der Waals surface area contributed by atoms with E-state index >= 15 is 0 Å². The lowest BCUT2D eigenvalue weighted by molar-refractivity contribution is -0.118. The number of carbonyl (C=O) groups is 1. The van der Waals surface area contributed by atoms with Gasteiger partial charge in [0.05, 0.1) is 0 Å². The largest absolute Gasteiger partial charge is 0.484 e. The number of anilines is 2. The fourth-order valence-corrected chi connectivity index (χ4v) is 2.96. The smallest absolute Gasteiger partial charge is 0.262 e. The van der Waals surface area contributed by atoms with Crippen LogP contribution >= 0.6 is 11.6 Å². The maximum Gasteiger partial charge on any atom is 0.262 e. The van der Waals surface area contributed by atoms with Crippen molar-refractivity contribution in [3.05, 3.63) is 53.6 Å². The lowest BCUT2D eigenvalue weighted by atomic mass is 10.2. The maximum atomic E-state index is 11.9. The topological polar surface area (TPSA) is 50.4 Å². The average Bonchev–Trinajstić information content (AvgIpc) is 3.09. The summed E-state index contributed by atoms with van der Waals surface area (Å²) >= 11 is 5.81. The molecule has 1 fully saturated rings. The first-order valence-corrected chi connectivity index (χ1v) is 8.62. The van der Waals surface area contributed by atoms with Crippen LogP contribution in [-0.4, -0.2) is 18.6 Å². The molecule has 2 aromatic rings. The van der Waals surface area contributed by atoms with Crippen LogP contribution in [-0.2, 0) is 4.79 Å². The molecule has 0 radical (unpaired) electrons. The Morgan fingerprint density at radius 2 is 1.62 bits per heavy atom.